The van der Waals surface area contributed by atoms with Crippen LogP contribution in [0, 0.1) is 0 Å². The summed E-state index contributed by atoms with van der Waals surface area (Å²) in [7, 11) is 0. The number of nitrogens with one attached hydrogen (secondary N) is 1. The van der Waals surface area contributed by atoms with Crippen LogP contribution in [-0.4, -0.2) is 35.3 Å². The minimum Gasteiger partial charge on any atom is -0.478 e. The first-order chi connectivity index (χ1) is 8.00. The highest BCUT2D eigenvalue weighted by Crippen LogP contribution is 2.05. The van der Waals surface area contributed by atoms with Crippen molar-refractivity contribution < 1.29 is 23.8 Å². The van der Waals surface area contributed by atoms with E-state index in [9.17, 15) is 13.6 Å². The average molecular weight is 245 g/mol. The number of carbonyl (C=O) groups is 1. The van der Waals surface area contributed by atoms with Crippen LogP contribution in [-0.2, 0) is 6.54 Å². The Hall–Kier alpha value is -1.53. The number of alkyl halides is 2. The fourth-order valence-corrected chi connectivity index (χ4v) is 1.22. The van der Waals surface area contributed by atoms with Crippen molar-refractivity contribution in [1.82, 2.24) is 5.32 Å². The van der Waals surface area contributed by atoms with Gasteiger partial charge in [-0.2, -0.15) is 0 Å². The summed E-state index contributed by atoms with van der Waals surface area (Å²) in [4.78, 5) is 10.6. The Kier molecular flexibility index (Phi) is 4.99. The number of carboxylic acids is 1. The van der Waals surface area contributed by atoms with E-state index < -0.39 is 18.5 Å². The van der Waals surface area contributed by atoms with Gasteiger partial charge in [0.05, 0.1) is 5.56 Å². The van der Waals surface area contributed by atoms with E-state index >= 15 is 0 Å². The highest BCUT2D eigenvalue weighted by atomic mass is 19.3. The molecule has 0 radical (unpaired) electrons. The molecule has 94 valence electrons. The second-order valence-corrected chi connectivity index (χ2v) is 3.53. The summed E-state index contributed by atoms with van der Waals surface area (Å²) in [5.74, 6) is -1.02. The maximum Gasteiger partial charge on any atom is 0.335 e. The number of hydrogen-bond donors (Lipinski definition) is 3. The van der Waals surface area contributed by atoms with Crippen LogP contribution in [0.2, 0.25) is 0 Å². The van der Waals surface area contributed by atoms with E-state index in [0.29, 0.717) is 6.54 Å². The molecule has 0 aromatic heterocycles. The van der Waals surface area contributed by atoms with Gasteiger partial charge in [0.25, 0.3) is 6.43 Å². The standard InChI is InChI=1S/C11H13F2NO3/c12-10(13)9(15)6-14-5-7-1-3-8(4-2-7)11(16)17/h1-4,9-10,14-15H,5-6H2,(H,16,17). The van der Waals surface area contributed by atoms with Crippen molar-refractivity contribution in [2.45, 2.75) is 19.1 Å². The van der Waals surface area contributed by atoms with Gasteiger partial charge in [0.1, 0.15) is 6.10 Å². The summed E-state index contributed by atoms with van der Waals surface area (Å²) in [5.41, 5.74) is 0.929. The molecule has 0 aliphatic heterocycles. The van der Waals surface area contributed by atoms with Crippen molar-refractivity contribution in [2.24, 2.45) is 0 Å². The summed E-state index contributed by atoms with van der Waals surface area (Å²) in [6.45, 7) is 0.0853. The molecule has 0 aliphatic rings. The molecule has 0 saturated carbocycles. The lowest BCUT2D eigenvalue weighted by molar-refractivity contribution is -0.00340. The Bertz CT molecular complexity index is 367. The van der Waals surface area contributed by atoms with Crippen molar-refractivity contribution in [3.8, 4) is 0 Å². The third kappa shape index (κ3) is 4.46. The summed E-state index contributed by atoms with van der Waals surface area (Å²) >= 11 is 0. The molecule has 0 saturated heterocycles. The van der Waals surface area contributed by atoms with Gasteiger partial charge in [0.15, 0.2) is 0 Å². The molecule has 1 atom stereocenters. The van der Waals surface area contributed by atoms with Gasteiger partial charge in [-0.25, -0.2) is 13.6 Å². The molecule has 4 nitrogen and oxygen atoms in total. The van der Waals surface area contributed by atoms with Crippen LogP contribution >= 0.6 is 0 Å². The zero-order valence-electron chi connectivity index (χ0n) is 8.94. The molecule has 0 heterocycles. The number of aliphatic hydroxyl groups excluding tert-OH is 1. The number of halogens is 2. The van der Waals surface area contributed by atoms with Gasteiger partial charge in [-0.1, -0.05) is 12.1 Å². The van der Waals surface area contributed by atoms with E-state index in [-0.39, 0.29) is 12.1 Å². The average Bonchev–Trinajstić information content (AvgIpc) is 2.29. The van der Waals surface area contributed by atoms with E-state index in [1.807, 2.05) is 0 Å². The first-order valence-electron chi connectivity index (χ1n) is 5.00. The van der Waals surface area contributed by atoms with Crippen LogP contribution in [0.25, 0.3) is 0 Å². The van der Waals surface area contributed by atoms with Crippen LogP contribution in [0.1, 0.15) is 15.9 Å². The first-order valence-corrected chi connectivity index (χ1v) is 5.00. The van der Waals surface area contributed by atoms with Gasteiger partial charge < -0.3 is 15.5 Å². The molecule has 17 heavy (non-hydrogen) atoms. The number of aliphatic hydroxyl groups is 1. The van der Waals surface area contributed by atoms with Gasteiger partial charge in [-0.3, -0.25) is 0 Å². The number of carboxylic acid groups (broad SMARTS) is 1. The molecule has 0 fully saturated rings. The van der Waals surface area contributed by atoms with E-state index in [4.69, 9.17) is 10.2 Å². The lowest BCUT2D eigenvalue weighted by atomic mass is 10.1. The van der Waals surface area contributed by atoms with Crippen LogP contribution in [0.5, 0.6) is 0 Å². The maximum atomic E-state index is 11.9. The second-order valence-electron chi connectivity index (χ2n) is 3.53. The monoisotopic (exact) mass is 245 g/mol. The number of aromatic carboxylic acids is 1. The largest absolute Gasteiger partial charge is 0.478 e. The molecule has 0 spiro atoms. The van der Waals surface area contributed by atoms with Gasteiger partial charge >= 0.3 is 5.97 Å². The highest BCUT2D eigenvalue weighted by Gasteiger charge is 2.15. The summed E-state index contributed by atoms with van der Waals surface area (Å²) in [6, 6.07) is 6.04. The second kappa shape index (κ2) is 6.27. The van der Waals surface area contributed by atoms with Crippen molar-refractivity contribution in [3.63, 3.8) is 0 Å². The first kappa shape index (κ1) is 13.5. The maximum absolute atomic E-state index is 11.9. The fourth-order valence-electron chi connectivity index (χ4n) is 1.22. The Morgan fingerprint density at radius 2 is 1.88 bits per heavy atom. The molecule has 6 heteroatoms. The summed E-state index contributed by atoms with van der Waals surface area (Å²) < 4.78 is 23.9. The van der Waals surface area contributed by atoms with E-state index in [0.717, 1.165) is 5.56 Å². The molecule has 3 N–H and O–H groups in total. The molecule has 1 aromatic carbocycles. The Morgan fingerprint density at radius 1 is 1.29 bits per heavy atom. The third-order valence-electron chi connectivity index (χ3n) is 2.17. The Balaban J connectivity index is 2.40. The van der Waals surface area contributed by atoms with Gasteiger partial charge in [-0.15, -0.1) is 0 Å². The third-order valence-corrected chi connectivity index (χ3v) is 2.17. The lowest BCUT2D eigenvalue weighted by Gasteiger charge is -2.10. The molecule has 0 amide bonds. The van der Waals surface area contributed by atoms with Crippen LogP contribution in [0.4, 0.5) is 8.78 Å². The SMILES string of the molecule is O=C(O)c1ccc(CNCC(O)C(F)F)cc1. The Morgan fingerprint density at radius 3 is 2.35 bits per heavy atom. The normalized spacial score (nSPS) is 12.7. The minimum absolute atomic E-state index is 0.168. The molecular weight excluding hydrogens is 232 g/mol. The van der Waals surface area contributed by atoms with Crippen molar-refractivity contribution in [2.75, 3.05) is 6.54 Å². The van der Waals surface area contributed by atoms with Crippen LogP contribution < -0.4 is 5.32 Å². The molecule has 1 unspecified atom stereocenters. The van der Waals surface area contributed by atoms with E-state index in [1.165, 1.54) is 12.1 Å². The fraction of sp³-hybridized carbons (Fsp3) is 0.364. The number of hydrogen-bond acceptors (Lipinski definition) is 3. The number of rotatable bonds is 6. The quantitative estimate of drug-likeness (QED) is 0.702. The van der Waals surface area contributed by atoms with Crippen molar-refractivity contribution >= 4 is 5.97 Å². The van der Waals surface area contributed by atoms with Gasteiger partial charge in [-0.05, 0) is 17.7 Å². The zero-order valence-corrected chi connectivity index (χ0v) is 8.94. The molecular formula is C11H13F2NO3. The molecule has 0 bridgehead atoms. The van der Waals surface area contributed by atoms with E-state index in [1.54, 1.807) is 12.1 Å². The predicted molar refractivity (Wildman–Crippen MR) is 57.1 cm³/mol. The highest BCUT2D eigenvalue weighted by molar-refractivity contribution is 5.87. The predicted octanol–water partition coefficient (Wildman–Crippen LogP) is 1.10. The minimum atomic E-state index is -2.77. The topological polar surface area (TPSA) is 69.6 Å². The zero-order chi connectivity index (χ0) is 12.8. The number of benzene rings is 1. The summed E-state index contributed by atoms with van der Waals surface area (Å²) in [6.07, 6.45) is -4.45. The van der Waals surface area contributed by atoms with Gasteiger partial charge in [0.2, 0.25) is 0 Å². The smallest absolute Gasteiger partial charge is 0.335 e. The van der Waals surface area contributed by atoms with Crippen molar-refractivity contribution in [1.29, 1.82) is 0 Å². The van der Waals surface area contributed by atoms with E-state index in [2.05, 4.69) is 5.32 Å². The lowest BCUT2D eigenvalue weighted by Crippen LogP contribution is -2.31. The van der Waals surface area contributed by atoms with Gasteiger partial charge in [0, 0.05) is 13.1 Å². The van der Waals surface area contributed by atoms with Crippen LogP contribution in [0.3, 0.4) is 0 Å². The van der Waals surface area contributed by atoms with Crippen LogP contribution in [0.15, 0.2) is 24.3 Å². The van der Waals surface area contributed by atoms with Crippen molar-refractivity contribution in [3.05, 3.63) is 35.4 Å². The summed E-state index contributed by atoms with van der Waals surface area (Å²) in [5, 5.41) is 20.1. The molecule has 1 aromatic rings. The molecule has 1 rings (SSSR count). The molecule has 0 aliphatic carbocycles. The Labute approximate surface area is 96.9 Å².